The number of carbonyl (C=O) groups excluding carboxylic acids is 2. The molecule has 1 aromatic heterocycles. The summed E-state index contributed by atoms with van der Waals surface area (Å²) in [5, 5.41) is 0.594. The molecule has 33 heavy (non-hydrogen) atoms. The molecular formula is C25H27ClN4O3. The Labute approximate surface area is 196 Å². The summed E-state index contributed by atoms with van der Waals surface area (Å²) in [5.41, 5.74) is 2.26. The highest BCUT2D eigenvalue weighted by atomic mass is 35.5. The van der Waals surface area contributed by atoms with E-state index < -0.39 is 0 Å². The summed E-state index contributed by atoms with van der Waals surface area (Å²) in [4.78, 5) is 45.3. The molecule has 3 aromatic rings. The van der Waals surface area contributed by atoms with Gasteiger partial charge in [0.05, 0.1) is 17.0 Å². The number of H-pyrrole nitrogens is 1. The van der Waals surface area contributed by atoms with E-state index in [2.05, 4.69) is 4.98 Å². The molecule has 172 valence electrons. The zero-order chi connectivity index (χ0) is 22.9. The van der Waals surface area contributed by atoms with Crippen LogP contribution in [0, 0.1) is 5.92 Å². The molecule has 7 nitrogen and oxygen atoms in total. The van der Waals surface area contributed by atoms with Gasteiger partial charge in [-0.3, -0.25) is 14.2 Å². The van der Waals surface area contributed by atoms with Crippen molar-refractivity contribution in [1.29, 1.82) is 0 Å². The van der Waals surface area contributed by atoms with E-state index >= 15 is 0 Å². The topological polar surface area (TPSA) is 78.4 Å². The lowest BCUT2D eigenvalue weighted by molar-refractivity contribution is -0.138. The fourth-order valence-corrected chi connectivity index (χ4v) is 5.30. The average molecular weight is 467 g/mol. The molecule has 2 fully saturated rings. The van der Waals surface area contributed by atoms with Crippen molar-refractivity contribution >= 4 is 34.4 Å². The van der Waals surface area contributed by atoms with Crippen molar-refractivity contribution in [2.24, 2.45) is 5.92 Å². The molecule has 0 unspecified atom stereocenters. The van der Waals surface area contributed by atoms with Gasteiger partial charge in [-0.05, 0) is 62.1 Å². The van der Waals surface area contributed by atoms with E-state index in [0.29, 0.717) is 36.8 Å². The minimum Gasteiger partial charge on any atom is -0.342 e. The highest BCUT2D eigenvalue weighted by molar-refractivity contribution is 6.30. The molecule has 0 radical (unpaired) electrons. The SMILES string of the molecule is O=C(c1ccc(Cl)cc1)N1CCC[C@@H](C(=O)N2CCC(n3c(=O)[nH]c4ccccc43)CC2)C1. The van der Waals surface area contributed by atoms with Gasteiger partial charge in [0.25, 0.3) is 5.91 Å². The van der Waals surface area contributed by atoms with Gasteiger partial charge in [-0.15, -0.1) is 0 Å². The van der Waals surface area contributed by atoms with Crippen LogP contribution >= 0.6 is 11.6 Å². The lowest BCUT2D eigenvalue weighted by Crippen LogP contribution is -2.49. The van der Waals surface area contributed by atoms with Crippen LogP contribution < -0.4 is 5.69 Å². The van der Waals surface area contributed by atoms with Crippen LogP contribution in [0.3, 0.4) is 0 Å². The molecule has 0 aliphatic carbocycles. The number of benzene rings is 2. The van der Waals surface area contributed by atoms with Crippen molar-refractivity contribution in [3.63, 3.8) is 0 Å². The lowest BCUT2D eigenvalue weighted by atomic mass is 9.94. The third-order valence-electron chi connectivity index (χ3n) is 6.91. The molecule has 3 heterocycles. The van der Waals surface area contributed by atoms with E-state index in [1.165, 1.54) is 0 Å². The van der Waals surface area contributed by atoms with Crippen LogP contribution in [0.25, 0.3) is 11.0 Å². The number of carbonyl (C=O) groups is 2. The van der Waals surface area contributed by atoms with Crippen molar-refractivity contribution in [2.75, 3.05) is 26.2 Å². The molecule has 2 aromatic carbocycles. The maximum Gasteiger partial charge on any atom is 0.326 e. The Morgan fingerprint density at radius 3 is 2.39 bits per heavy atom. The molecule has 0 bridgehead atoms. The van der Waals surface area contributed by atoms with Crippen LogP contribution in [0.15, 0.2) is 53.3 Å². The Kier molecular flexibility index (Phi) is 5.98. The number of nitrogens with zero attached hydrogens (tertiary/aromatic N) is 3. The predicted octanol–water partition coefficient (Wildman–Crippen LogP) is 3.70. The number of hydrogen-bond acceptors (Lipinski definition) is 3. The Morgan fingerprint density at radius 1 is 0.909 bits per heavy atom. The van der Waals surface area contributed by atoms with Crippen LogP contribution in [0.2, 0.25) is 5.02 Å². The van der Waals surface area contributed by atoms with Gasteiger partial charge in [0.2, 0.25) is 5.91 Å². The Morgan fingerprint density at radius 2 is 1.64 bits per heavy atom. The fourth-order valence-electron chi connectivity index (χ4n) is 5.18. The molecule has 0 saturated carbocycles. The van der Waals surface area contributed by atoms with Crippen molar-refractivity contribution < 1.29 is 9.59 Å². The van der Waals surface area contributed by atoms with Crippen LogP contribution in [-0.2, 0) is 4.79 Å². The van der Waals surface area contributed by atoms with Gasteiger partial charge in [-0.25, -0.2) is 4.79 Å². The molecule has 1 N–H and O–H groups in total. The average Bonchev–Trinajstić information content (AvgIpc) is 3.19. The summed E-state index contributed by atoms with van der Waals surface area (Å²) < 4.78 is 1.84. The number of hydrogen-bond donors (Lipinski definition) is 1. The molecule has 8 heteroatoms. The number of nitrogens with one attached hydrogen (secondary N) is 1. The molecule has 2 aliphatic rings. The first-order chi connectivity index (χ1) is 16.0. The first-order valence-electron chi connectivity index (χ1n) is 11.5. The zero-order valence-electron chi connectivity index (χ0n) is 18.4. The standard InChI is InChI=1S/C25H27ClN4O3/c26-19-9-7-17(8-10-19)23(31)29-13-3-4-18(16-29)24(32)28-14-11-20(12-15-28)30-22-6-2-1-5-21(22)27-25(30)33/h1-2,5-10,18,20H,3-4,11-16H2,(H,27,33)/t18-/m1/s1. The highest BCUT2D eigenvalue weighted by Gasteiger charge is 2.34. The third kappa shape index (κ3) is 4.29. The largest absolute Gasteiger partial charge is 0.342 e. The molecule has 2 aliphatic heterocycles. The Hall–Kier alpha value is -3.06. The first-order valence-corrected chi connectivity index (χ1v) is 11.9. The summed E-state index contributed by atoms with van der Waals surface area (Å²) in [5.74, 6) is -0.114. The number of aromatic nitrogens is 2. The van der Waals surface area contributed by atoms with E-state index in [9.17, 15) is 14.4 Å². The van der Waals surface area contributed by atoms with Gasteiger partial charge < -0.3 is 14.8 Å². The fraction of sp³-hybridized carbons (Fsp3) is 0.400. The second-order valence-corrected chi connectivity index (χ2v) is 9.41. The number of likely N-dealkylation sites (tertiary alicyclic amines) is 2. The van der Waals surface area contributed by atoms with Gasteiger partial charge in [-0.2, -0.15) is 0 Å². The van der Waals surface area contributed by atoms with E-state index in [1.54, 1.807) is 29.2 Å². The number of aromatic amines is 1. The Bertz CT molecular complexity index is 1220. The van der Waals surface area contributed by atoms with Gasteiger partial charge >= 0.3 is 5.69 Å². The van der Waals surface area contributed by atoms with Crippen LogP contribution in [0.1, 0.15) is 42.1 Å². The van der Waals surface area contributed by atoms with Crippen LogP contribution in [0.5, 0.6) is 0 Å². The van der Waals surface area contributed by atoms with Crippen molar-refractivity contribution in [2.45, 2.75) is 31.7 Å². The lowest BCUT2D eigenvalue weighted by Gasteiger charge is -2.38. The van der Waals surface area contributed by atoms with Crippen molar-refractivity contribution in [3.05, 3.63) is 69.6 Å². The summed E-state index contributed by atoms with van der Waals surface area (Å²) in [7, 11) is 0. The third-order valence-corrected chi connectivity index (χ3v) is 7.17. The highest BCUT2D eigenvalue weighted by Crippen LogP contribution is 2.28. The minimum atomic E-state index is -0.178. The number of imidazole rings is 1. The smallest absolute Gasteiger partial charge is 0.326 e. The van der Waals surface area contributed by atoms with Crippen LogP contribution in [-0.4, -0.2) is 57.3 Å². The molecule has 1 atom stereocenters. The predicted molar refractivity (Wildman–Crippen MR) is 127 cm³/mol. The van der Waals surface area contributed by atoms with Gasteiger partial charge in [0.1, 0.15) is 0 Å². The minimum absolute atomic E-state index is 0.0541. The van der Waals surface area contributed by atoms with E-state index in [-0.39, 0.29) is 29.5 Å². The molecular weight excluding hydrogens is 440 g/mol. The number of amides is 2. The first kappa shape index (κ1) is 21.8. The number of rotatable bonds is 3. The number of fused-ring (bicyclic) bond motifs is 1. The van der Waals surface area contributed by atoms with Crippen molar-refractivity contribution in [3.8, 4) is 0 Å². The second kappa shape index (κ2) is 9.06. The number of piperidine rings is 2. The van der Waals surface area contributed by atoms with Crippen LogP contribution in [0.4, 0.5) is 0 Å². The molecule has 0 spiro atoms. The van der Waals surface area contributed by atoms with Crippen molar-refractivity contribution in [1.82, 2.24) is 19.4 Å². The second-order valence-electron chi connectivity index (χ2n) is 8.97. The number of para-hydroxylation sites is 2. The quantitative estimate of drug-likeness (QED) is 0.639. The maximum absolute atomic E-state index is 13.3. The maximum atomic E-state index is 13.3. The number of halogens is 1. The van der Waals surface area contributed by atoms with E-state index in [0.717, 1.165) is 36.7 Å². The van der Waals surface area contributed by atoms with Gasteiger partial charge in [-0.1, -0.05) is 23.7 Å². The summed E-state index contributed by atoms with van der Waals surface area (Å²) in [6.07, 6.45) is 3.10. The zero-order valence-corrected chi connectivity index (χ0v) is 19.1. The van der Waals surface area contributed by atoms with E-state index in [1.807, 2.05) is 33.7 Å². The normalized spacial score (nSPS) is 19.7. The summed E-state index contributed by atoms with van der Waals surface area (Å²) in [6.45, 7) is 2.35. The van der Waals surface area contributed by atoms with E-state index in [4.69, 9.17) is 11.6 Å². The molecule has 2 amide bonds. The molecule has 5 rings (SSSR count). The monoisotopic (exact) mass is 466 g/mol. The summed E-state index contributed by atoms with van der Waals surface area (Å²) >= 11 is 5.94. The Balaban J connectivity index is 1.22. The summed E-state index contributed by atoms with van der Waals surface area (Å²) in [6, 6.07) is 14.7. The van der Waals surface area contributed by atoms with Gasteiger partial charge in [0.15, 0.2) is 0 Å². The van der Waals surface area contributed by atoms with Gasteiger partial charge in [0, 0.05) is 42.8 Å². The molecule has 2 saturated heterocycles.